The van der Waals surface area contributed by atoms with Gasteiger partial charge in [-0.05, 0) is 18.9 Å². The van der Waals surface area contributed by atoms with Crippen LogP contribution in [0.25, 0.3) is 11.3 Å². The van der Waals surface area contributed by atoms with Crippen LogP contribution in [-0.4, -0.2) is 4.98 Å². The largest absolute Gasteiger partial charge is 0.389 e. The Morgan fingerprint density at radius 3 is 2.68 bits per heavy atom. The number of halogens is 2. The van der Waals surface area contributed by atoms with Crippen LogP contribution in [0.2, 0.25) is 10.0 Å². The molecule has 3 rings (SSSR count). The van der Waals surface area contributed by atoms with Crippen LogP contribution < -0.4 is 5.73 Å². The van der Waals surface area contributed by atoms with Gasteiger partial charge in [0, 0.05) is 11.5 Å². The van der Waals surface area contributed by atoms with Gasteiger partial charge in [0.25, 0.3) is 0 Å². The number of nitrogens with two attached hydrogens (primary N) is 1. The van der Waals surface area contributed by atoms with E-state index in [0.29, 0.717) is 16.0 Å². The smallest absolute Gasteiger partial charge is 0.114 e. The molecule has 1 aromatic carbocycles. The lowest BCUT2D eigenvalue weighted by atomic mass is 10.1. The summed E-state index contributed by atoms with van der Waals surface area (Å²) in [6.45, 7) is 0. The monoisotopic (exact) mass is 312 g/mol. The number of nitrogen functional groups attached to an aromatic ring is 1. The van der Waals surface area contributed by atoms with Gasteiger partial charge < -0.3 is 5.73 Å². The summed E-state index contributed by atoms with van der Waals surface area (Å²) in [5.41, 5.74) is 7.72. The zero-order valence-corrected chi connectivity index (χ0v) is 12.7. The normalized spacial score (nSPS) is 16.1. The molecule has 1 heterocycles. The molecule has 1 aliphatic carbocycles. The van der Waals surface area contributed by atoms with Crippen LogP contribution >= 0.6 is 34.5 Å². The highest BCUT2D eigenvalue weighted by Crippen LogP contribution is 2.43. The first kappa shape index (κ1) is 13.2. The van der Waals surface area contributed by atoms with E-state index in [1.807, 2.05) is 12.1 Å². The quantitative estimate of drug-likeness (QED) is 0.811. The minimum Gasteiger partial charge on any atom is -0.389 e. The first-order chi connectivity index (χ1) is 9.16. The van der Waals surface area contributed by atoms with Gasteiger partial charge in [-0.2, -0.15) is 0 Å². The molecule has 0 atom stereocenters. The molecule has 1 saturated carbocycles. The summed E-state index contributed by atoms with van der Waals surface area (Å²) in [5.74, 6) is 0.569. The molecule has 2 nitrogen and oxygen atoms in total. The fraction of sp³-hybridized carbons (Fsp3) is 0.357. The molecule has 0 radical (unpaired) electrons. The van der Waals surface area contributed by atoms with Crippen molar-refractivity contribution in [1.82, 2.24) is 4.98 Å². The highest BCUT2D eigenvalue weighted by atomic mass is 35.5. The minimum absolute atomic E-state index is 0.527. The van der Waals surface area contributed by atoms with E-state index in [2.05, 4.69) is 0 Å². The molecule has 0 aliphatic heterocycles. The van der Waals surface area contributed by atoms with Gasteiger partial charge in [-0.1, -0.05) is 48.2 Å². The average molecular weight is 313 g/mol. The Morgan fingerprint density at radius 1 is 1.21 bits per heavy atom. The van der Waals surface area contributed by atoms with Crippen molar-refractivity contribution < 1.29 is 0 Å². The van der Waals surface area contributed by atoms with Gasteiger partial charge in [-0.25, -0.2) is 4.98 Å². The van der Waals surface area contributed by atoms with E-state index in [1.54, 1.807) is 17.4 Å². The molecule has 100 valence electrons. The second kappa shape index (κ2) is 5.31. The van der Waals surface area contributed by atoms with E-state index >= 15 is 0 Å². The zero-order valence-electron chi connectivity index (χ0n) is 10.3. The Morgan fingerprint density at radius 2 is 1.95 bits per heavy atom. The molecule has 1 aliphatic rings. The number of hydrogen-bond acceptors (Lipinski definition) is 3. The fourth-order valence-electron chi connectivity index (χ4n) is 2.58. The lowest BCUT2D eigenvalue weighted by Crippen LogP contribution is -1.91. The standard InChI is InChI=1S/C14H14Cl2N2S/c15-10-7-3-6-9(11(10)16)12-13(17)19-14(18-12)8-4-1-2-5-8/h3,6-8H,1-2,4-5,17H2. The van der Waals surface area contributed by atoms with Crippen LogP contribution in [0.4, 0.5) is 5.00 Å². The van der Waals surface area contributed by atoms with Crippen LogP contribution in [0.1, 0.15) is 36.6 Å². The fourth-order valence-corrected chi connectivity index (χ4v) is 3.98. The van der Waals surface area contributed by atoms with Crippen molar-refractivity contribution in [3.8, 4) is 11.3 Å². The Bertz CT molecular complexity index is 603. The highest BCUT2D eigenvalue weighted by molar-refractivity contribution is 7.16. The molecule has 1 aromatic heterocycles. The topological polar surface area (TPSA) is 38.9 Å². The van der Waals surface area contributed by atoms with Gasteiger partial charge in [0.05, 0.1) is 15.1 Å². The van der Waals surface area contributed by atoms with E-state index in [-0.39, 0.29) is 0 Å². The lowest BCUT2D eigenvalue weighted by molar-refractivity contribution is 0.717. The molecule has 0 unspecified atom stereocenters. The first-order valence-electron chi connectivity index (χ1n) is 6.37. The van der Waals surface area contributed by atoms with Gasteiger partial charge in [0.15, 0.2) is 0 Å². The molecular weight excluding hydrogens is 299 g/mol. The summed E-state index contributed by atoms with van der Waals surface area (Å²) in [7, 11) is 0. The molecule has 0 spiro atoms. The second-order valence-electron chi connectivity index (χ2n) is 4.85. The first-order valence-corrected chi connectivity index (χ1v) is 7.94. The molecule has 5 heteroatoms. The molecule has 1 fully saturated rings. The van der Waals surface area contributed by atoms with Gasteiger partial charge in [0.2, 0.25) is 0 Å². The molecular formula is C14H14Cl2N2S. The van der Waals surface area contributed by atoms with Crippen molar-refractivity contribution in [2.75, 3.05) is 5.73 Å². The predicted octanol–water partition coefficient (Wildman–Crippen LogP) is 5.36. The van der Waals surface area contributed by atoms with E-state index in [1.165, 1.54) is 25.7 Å². The zero-order chi connectivity index (χ0) is 13.4. The third-order valence-electron chi connectivity index (χ3n) is 3.58. The van der Waals surface area contributed by atoms with Crippen molar-refractivity contribution in [2.24, 2.45) is 0 Å². The summed E-state index contributed by atoms with van der Waals surface area (Å²) >= 11 is 13.9. The van der Waals surface area contributed by atoms with Crippen LogP contribution in [0.5, 0.6) is 0 Å². The average Bonchev–Trinajstić information content (AvgIpc) is 3.02. The summed E-state index contributed by atoms with van der Waals surface area (Å²) in [5, 5.41) is 2.93. The van der Waals surface area contributed by atoms with Crippen molar-refractivity contribution in [3.63, 3.8) is 0 Å². The van der Waals surface area contributed by atoms with Crippen molar-refractivity contribution in [2.45, 2.75) is 31.6 Å². The van der Waals surface area contributed by atoms with Crippen molar-refractivity contribution in [1.29, 1.82) is 0 Å². The molecule has 0 amide bonds. The maximum absolute atomic E-state index is 6.25. The number of hydrogen-bond donors (Lipinski definition) is 1. The molecule has 0 bridgehead atoms. The van der Waals surface area contributed by atoms with Crippen LogP contribution in [0, 0.1) is 0 Å². The van der Waals surface area contributed by atoms with Gasteiger partial charge >= 0.3 is 0 Å². The second-order valence-corrected chi connectivity index (χ2v) is 6.70. The number of benzene rings is 1. The highest BCUT2D eigenvalue weighted by Gasteiger charge is 2.23. The van der Waals surface area contributed by atoms with Crippen LogP contribution in [0.3, 0.4) is 0 Å². The van der Waals surface area contributed by atoms with E-state index < -0.39 is 0 Å². The van der Waals surface area contributed by atoms with Gasteiger partial charge in [0.1, 0.15) is 10.7 Å². The Hall–Kier alpha value is -0.770. The number of aromatic nitrogens is 1. The van der Waals surface area contributed by atoms with Crippen LogP contribution in [-0.2, 0) is 0 Å². The van der Waals surface area contributed by atoms with E-state index in [0.717, 1.165) is 21.3 Å². The Labute approximate surface area is 126 Å². The number of thiazole rings is 1. The number of nitrogens with zero attached hydrogens (tertiary/aromatic N) is 1. The molecule has 2 N–H and O–H groups in total. The third kappa shape index (κ3) is 2.47. The lowest BCUT2D eigenvalue weighted by Gasteiger charge is -2.04. The van der Waals surface area contributed by atoms with E-state index in [4.69, 9.17) is 33.9 Å². The number of anilines is 1. The Kier molecular flexibility index (Phi) is 3.70. The maximum Gasteiger partial charge on any atom is 0.114 e. The third-order valence-corrected chi connectivity index (χ3v) is 5.45. The SMILES string of the molecule is Nc1sc(C2CCCC2)nc1-c1cccc(Cl)c1Cl. The molecule has 0 saturated heterocycles. The maximum atomic E-state index is 6.25. The number of rotatable bonds is 2. The minimum atomic E-state index is 0.527. The predicted molar refractivity (Wildman–Crippen MR) is 83.2 cm³/mol. The van der Waals surface area contributed by atoms with E-state index in [9.17, 15) is 0 Å². The summed E-state index contributed by atoms with van der Waals surface area (Å²) < 4.78 is 0. The van der Waals surface area contributed by atoms with Crippen LogP contribution in [0.15, 0.2) is 18.2 Å². The van der Waals surface area contributed by atoms with Crippen molar-refractivity contribution >= 4 is 39.5 Å². The molecule has 19 heavy (non-hydrogen) atoms. The summed E-state index contributed by atoms with van der Waals surface area (Å²) in [6, 6.07) is 5.56. The molecule has 2 aromatic rings. The Balaban J connectivity index is 2.03. The summed E-state index contributed by atoms with van der Waals surface area (Å²) in [6.07, 6.45) is 5.01. The van der Waals surface area contributed by atoms with Crippen molar-refractivity contribution in [3.05, 3.63) is 33.3 Å². The summed E-state index contributed by atoms with van der Waals surface area (Å²) in [4.78, 5) is 4.71. The van der Waals surface area contributed by atoms with Gasteiger partial charge in [-0.15, -0.1) is 11.3 Å². The van der Waals surface area contributed by atoms with Gasteiger partial charge in [-0.3, -0.25) is 0 Å².